The molecule has 1 aliphatic heterocycles. The smallest absolute Gasteiger partial charge is 0.337 e. The van der Waals surface area contributed by atoms with Gasteiger partial charge in [0.25, 0.3) is 0 Å². The summed E-state index contributed by atoms with van der Waals surface area (Å²) < 4.78 is 26.4. The lowest BCUT2D eigenvalue weighted by atomic mass is 10.0. The highest BCUT2D eigenvalue weighted by Gasteiger charge is 2.16. The molecule has 0 atom stereocenters. The number of hydrogen-bond donors (Lipinski definition) is 0. The van der Waals surface area contributed by atoms with Gasteiger partial charge in [-0.25, -0.2) is 4.79 Å². The predicted octanol–water partition coefficient (Wildman–Crippen LogP) is 4.02. The molecule has 0 aliphatic carbocycles. The quantitative estimate of drug-likeness (QED) is 0.453. The summed E-state index contributed by atoms with van der Waals surface area (Å²) in [7, 11) is 4.52. The zero-order chi connectivity index (χ0) is 23.2. The van der Waals surface area contributed by atoms with Crippen molar-refractivity contribution in [2.24, 2.45) is 0 Å². The van der Waals surface area contributed by atoms with Crippen molar-refractivity contribution in [2.75, 3.05) is 28.1 Å². The molecule has 0 radical (unpaired) electrons. The Labute approximate surface area is 192 Å². The fraction of sp³-hybridized carbons (Fsp3) is 0.148. The Morgan fingerprint density at radius 2 is 1.30 bits per heavy atom. The predicted molar refractivity (Wildman–Crippen MR) is 122 cm³/mol. The van der Waals surface area contributed by atoms with E-state index in [1.807, 2.05) is 24.3 Å². The van der Waals surface area contributed by atoms with Crippen LogP contribution >= 0.6 is 0 Å². The molecule has 0 bridgehead atoms. The Hall–Kier alpha value is -4.55. The monoisotopic (exact) mass is 440 g/mol. The molecule has 33 heavy (non-hydrogen) atoms. The van der Waals surface area contributed by atoms with Gasteiger partial charge in [0, 0.05) is 34.4 Å². The van der Waals surface area contributed by atoms with E-state index in [9.17, 15) is 4.79 Å². The van der Waals surface area contributed by atoms with Crippen LogP contribution in [0.2, 0.25) is 0 Å². The summed E-state index contributed by atoms with van der Waals surface area (Å²) in [5.74, 6) is 14.7. The van der Waals surface area contributed by atoms with Crippen LogP contribution in [0.4, 0.5) is 0 Å². The maximum atomic E-state index is 11.6. The molecule has 0 unspecified atom stereocenters. The largest absolute Gasteiger partial charge is 0.493 e. The minimum absolute atomic E-state index is 0.157. The lowest BCUT2D eigenvalue weighted by Gasteiger charge is -2.06. The summed E-state index contributed by atoms with van der Waals surface area (Å²) in [6.07, 6.45) is 0. The zero-order valence-electron chi connectivity index (χ0n) is 18.4. The average Bonchev–Trinajstić information content (AvgIpc) is 3.32. The highest BCUT2D eigenvalue weighted by Crippen LogP contribution is 2.34. The molecule has 0 N–H and O–H groups in total. The van der Waals surface area contributed by atoms with E-state index in [4.69, 9.17) is 23.7 Å². The van der Waals surface area contributed by atoms with Gasteiger partial charge in [-0.1, -0.05) is 23.7 Å². The van der Waals surface area contributed by atoms with E-state index >= 15 is 0 Å². The first-order chi connectivity index (χ1) is 16.1. The first-order valence-electron chi connectivity index (χ1n) is 9.99. The van der Waals surface area contributed by atoms with Crippen LogP contribution in [-0.2, 0) is 4.74 Å². The summed E-state index contributed by atoms with van der Waals surface area (Å²) in [6.45, 7) is 0.157. The normalized spacial score (nSPS) is 10.9. The Morgan fingerprint density at radius 3 is 1.88 bits per heavy atom. The van der Waals surface area contributed by atoms with Crippen molar-refractivity contribution in [1.82, 2.24) is 0 Å². The van der Waals surface area contributed by atoms with Gasteiger partial charge in [0.2, 0.25) is 6.79 Å². The van der Waals surface area contributed by atoms with Gasteiger partial charge >= 0.3 is 5.97 Å². The fourth-order valence-corrected chi connectivity index (χ4v) is 3.15. The first kappa shape index (κ1) is 21.7. The van der Waals surface area contributed by atoms with Crippen LogP contribution in [0.3, 0.4) is 0 Å². The van der Waals surface area contributed by atoms with Gasteiger partial charge in [0.15, 0.2) is 23.0 Å². The number of carbonyl (C=O) groups is 1. The van der Waals surface area contributed by atoms with E-state index in [2.05, 4.69) is 23.7 Å². The maximum absolute atomic E-state index is 11.6. The Kier molecular flexibility index (Phi) is 6.38. The number of ether oxygens (including phenoxy) is 5. The van der Waals surface area contributed by atoms with E-state index < -0.39 is 5.97 Å². The van der Waals surface area contributed by atoms with E-state index in [0.29, 0.717) is 39.7 Å². The van der Waals surface area contributed by atoms with Gasteiger partial charge in [-0.05, 0) is 42.5 Å². The highest BCUT2D eigenvalue weighted by molar-refractivity contribution is 5.89. The summed E-state index contributed by atoms with van der Waals surface area (Å²) >= 11 is 0. The SMILES string of the molecule is COC(=O)c1ccc(C#Cc2cc3c(cc2C#Cc2ccc(OC)c(OC)c2)OCO3)cc1. The number of hydrogen-bond acceptors (Lipinski definition) is 6. The molecule has 0 saturated heterocycles. The third-order valence-electron chi connectivity index (χ3n) is 4.89. The lowest BCUT2D eigenvalue weighted by Crippen LogP contribution is -2.00. The molecule has 0 saturated carbocycles. The van der Waals surface area contributed by atoms with Gasteiger partial charge in [-0.3, -0.25) is 0 Å². The van der Waals surface area contributed by atoms with E-state index in [0.717, 1.165) is 11.1 Å². The molecular formula is C27H20O6. The molecule has 4 rings (SSSR count). The summed E-state index contributed by atoms with van der Waals surface area (Å²) in [5.41, 5.74) is 3.38. The highest BCUT2D eigenvalue weighted by atomic mass is 16.7. The second kappa shape index (κ2) is 9.72. The second-order valence-corrected chi connectivity index (χ2v) is 6.89. The Morgan fingerprint density at radius 1 is 0.727 bits per heavy atom. The minimum atomic E-state index is -0.391. The van der Waals surface area contributed by atoms with Crippen LogP contribution in [0.15, 0.2) is 54.6 Å². The van der Waals surface area contributed by atoms with Crippen LogP contribution < -0.4 is 18.9 Å². The minimum Gasteiger partial charge on any atom is -0.493 e. The number of carbonyl (C=O) groups excluding carboxylic acids is 1. The number of benzene rings is 3. The molecule has 0 spiro atoms. The second-order valence-electron chi connectivity index (χ2n) is 6.89. The van der Waals surface area contributed by atoms with Crippen molar-refractivity contribution < 1.29 is 28.5 Å². The summed E-state index contributed by atoms with van der Waals surface area (Å²) in [4.78, 5) is 11.6. The van der Waals surface area contributed by atoms with E-state index in [1.165, 1.54) is 7.11 Å². The van der Waals surface area contributed by atoms with Crippen molar-refractivity contribution in [3.63, 3.8) is 0 Å². The molecule has 0 aromatic heterocycles. The van der Waals surface area contributed by atoms with Crippen molar-refractivity contribution in [3.8, 4) is 46.7 Å². The van der Waals surface area contributed by atoms with Gasteiger partial charge in [0.1, 0.15) is 0 Å². The molecule has 164 valence electrons. The van der Waals surface area contributed by atoms with Crippen molar-refractivity contribution in [1.29, 1.82) is 0 Å². The van der Waals surface area contributed by atoms with Gasteiger partial charge in [-0.2, -0.15) is 0 Å². The molecule has 1 heterocycles. The van der Waals surface area contributed by atoms with Crippen LogP contribution in [0.5, 0.6) is 23.0 Å². The number of esters is 1. The van der Waals surface area contributed by atoms with E-state index in [-0.39, 0.29) is 6.79 Å². The lowest BCUT2D eigenvalue weighted by molar-refractivity contribution is 0.0600. The van der Waals surface area contributed by atoms with E-state index in [1.54, 1.807) is 44.6 Å². The average molecular weight is 440 g/mol. The molecule has 6 nitrogen and oxygen atoms in total. The molecular weight excluding hydrogens is 420 g/mol. The number of methoxy groups -OCH3 is 3. The fourth-order valence-electron chi connectivity index (χ4n) is 3.15. The Balaban J connectivity index is 1.68. The maximum Gasteiger partial charge on any atom is 0.337 e. The summed E-state index contributed by atoms with van der Waals surface area (Å²) in [6, 6.07) is 16.0. The molecule has 0 amide bonds. The number of fused-ring (bicyclic) bond motifs is 1. The molecule has 3 aromatic rings. The third-order valence-corrected chi connectivity index (χ3v) is 4.89. The van der Waals surface area contributed by atoms with Crippen LogP contribution in [0, 0.1) is 23.7 Å². The molecule has 3 aromatic carbocycles. The van der Waals surface area contributed by atoms with Crippen LogP contribution in [-0.4, -0.2) is 34.1 Å². The van der Waals surface area contributed by atoms with Gasteiger partial charge in [0.05, 0.1) is 26.9 Å². The molecule has 0 fully saturated rings. The van der Waals surface area contributed by atoms with Crippen molar-refractivity contribution in [3.05, 3.63) is 82.4 Å². The standard InChI is InChI=1S/C27H20O6/c1-29-23-13-8-19(14-24(23)30-2)7-12-22-16-26-25(32-17-33-26)15-21(22)11-6-18-4-9-20(10-5-18)27(28)31-3/h4-5,8-10,13-16H,17H2,1-3H3. The third kappa shape index (κ3) is 4.87. The van der Waals surface area contributed by atoms with Crippen molar-refractivity contribution in [2.45, 2.75) is 0 Å². The Bertz CT molecular complexity index is 1320. The molecule has 1 aliphatic rings. The summed E-state index contributed by atoms with van der Waals surface area (Å²) in [5, 5.41) is 0. The van der Waals surface area contributed by atoms with Gasteiger partial charge in [-0.15, -0.1) is 0 Å². The number of rotatable bonds is 3. The molecule has 6 heteroatoms. The topological polar surface area (TPSA) is 63.2 Å². The van der Waals surface area contributed by atoms with Crippen LogP contribution in [0.25, 0.3) is 0 Å². The van der Waals surface area contributed by atoms with Gasteiger partial charge < -0.3 is 23.7 Å². The first-order valence-corrected chi connectivity index (χ1v) is 9.99. The van der Waals surface area contributed by atoms with Crippen LogP contribution in [0.1, 0.15) is 32.6 Å². The zero-order valence-corrected chi connectivity index (χ0v) is 18.4. The van der Waals surface area contributed by atoms with Crippen molar-refractivity contribution >= 4 is 5.97 Å².